The van der Waals surface area contributed by atoms with Crippen molar-refractivity contribution in [3.63, 3.8) is 0 Å². The maximum atomic E-state index is 12.0. The molecule has 0 aliphatic heterocycles. The Morgan fingerprint density at radius 1 is 1.42 bits per heavy atom. The van der Waals surface area contributed by atoms with Crippen LogP contribution in [0.1, 0.15) is 62.7 Å². The van der Waals surface area contributed by atoms with E-state index < -0.39 is 0 Å². The molecule has 1 aliphatic rings. The number of hydrogen-bond acceptors (Lipinski definition) is 3. The summed E-state index contributed by atoms with van der Waals surface area (Å²) in [6.45, 7) is 9.04. The molecule has 1 unspecified atom stereocenters. The van der Waals surface area contributed by atoms with Gasteiger partial charge in [-0.3, -0.25) is 4.79 Å². The van der Waals surface area contributed by atoms with Gasteiger partial charge in [0.15, 0.2) is 0 Å². The molecule has 1 heterocycles. The van der Waals surface area contributed by atoms with Gasteiger partial charge in [-0.25, -0.2) is 4.98 Å². The molecule has 4 nitrogen and oxygen atoms in total. The van der Waals surface area contributed by atoms with Gasteiger partial charge in [-0.1, -0.05) is 13.3 Å². The van der Waals surface area contributed by atoms with Gasteiger partial charge in [0.05, 0.1) is 5.56 Å². The van der Waals surface area contributed by atoms with Gasteiger partial charge in [-0.2, -0.15) is 0 Å². The van der Waals surface area contributed by atoms with Gasteiger partial charge >= 0.3 is 0 Å². The van der Waals surface area contributed by atoms with E-state index in [1.165, 1.54) is 25.7 Å². The number of aromatic nitrogens is 2. The lowest BCUT2D eigenvalue weighted by Gasteiger charge is -2.42. The summed E-state index contributed by atoms with van der Waals surface area (Å²) in [5.41, 5.74) is 2.06. The molecule has 1 atom stereocenters. The number of nitrogens with one attached hydrogen (secondary N) is 2. The molecule has 0 radical (unpaired) electrons. The maximum absolute atomic E-state index is 12.0. The predicted molar refractivity (Wildman–Crippen MR) is 77.3 cm³/mol. The van der Waals surface area contributed by atoms with Crippen molar-refractivity contribution in [1.82, 2.24) is 15.3 Å². The van der Waals surface area contributed by atoms with E-state index in [1.54, 1.807) is 0 Å². The summed E-state index contributed by atoms with van der Waals surface area (Å²) in [5, 5.41) is 3.53. The van der Waals surface area contributed by atoms with Crippen LogP contribution in [0.5, 0.6) is 0 Å². The maximum Gasteiger partial charge on any atom is 0.255 e. The lowest BCUT2D eigenvalue weighted by Crippen LogP contribution is -2.41. The Labute approximate surface area is 115 Å². The number of aromatic amines is 1. The monoisotopic (exact) mass is 263 g/mol. The van der Waals surface area contributed by atoms with E-state index in [-0.39, 0.29) is 11.6 Å². The normalized spacial score (nSPS) is 18.9. The Morgan fingerprint density at radius 2 is 2.11 bits per heavy atom. The van der Waals surface area contributed by atoms with Crippen LogP contribution in [0.2, 0.25) is 0 Å². The molecule has 1 aromatic rings. The van der Waals surface area contributed by atoms with Crippen LogP contribution in [0.15, 0.2) is 4.79 Å². The van der Waals surface area contributed by atoms with Crippen molar-refractivity contribution in [3.8, 4) is 0 Å². The first-order chi connectivity index (χ1) is 8.97. The number of H-pyrrole nitrogens is 1. The molecule has 4 heteroatoms. The van der Waals surface area contributed by atoms with E-state index in [2.05, 4.69) is 29.1 Å². The minimum Gasteiger partial charge on any atom is -0.310 e. The average molecular weight is 263 g/mol. The molecule has 0 aromatic carbocycles. The summed E-state index contributed by atoms with van der Waals surface area (Å²) in [6.07, 6.45) is 5.18. The minimum absolute atomic E-state index is 0.0100. The largest absolute Gasteiger partial charge is 0.310 e. The molecular formula is C15H25N3O. The van der Waals surface area contributed by atoms with Crippen molar-refractivity contribution in [3.05, 3.63) is 27.4 Å². The third-order valence-electron chi connectivity index (χ3n) is 4.64. The smallest absolute Gasteiger partial charge is 0.255 e. The SMILES string of the molecule is CCC1(CNC(C)c2c(C)nc(C)[nH]c2=O)CCC1. The van der Waals surface area contributed by atoms with E-state index in [0.717, 1.165) is 17.8 Å². The van der Waals surface area contributed by atoms with Crippen molar-refractivity contribution >= 4 is 0 Å². The van der Waals surface area contributed by atoms with E-state index in [1.807, 2.05) is 13.8 Å². The van der Waals surface area contributed by atoms with Crippen LogP contribution >= 0.6 is 0 Å². The fraction of sp³-hybridized carbons (Fsp3) is 0.733. The molecule has 0 bridgehead atoms. The van der Waals surface area contributed by atoms with Gasteiger partial charge in [0, 0.05) is 18.3 Å². The molecule has 0 spiro atoms. The zero-order chi connectivity index (χ0) is 14.0. The molecule has 0 amide bonds. The molecule has 19 heavy (non-hydrogen) atoms. The van der Waals surface area contributed by atoms with Crippen LogP contribution in [-0.4, -0.2) is 16.5 Å². The highest BCUT2D eigenvalue weighted by atomic mass is 16.1. The lowest BCUT2D eigenvalue weighted by atomic mass is 9.67. The topological polar surface area (TPSA) is 57.8 Å². The predicted octanol–water partition coefficient (Wildman–Crippen LogP) is 2.62. The summed E-state index contributed by atoms with van der Waals surface area (Å²) < 4.78 is 0. The van der Waals surface area contributed by atoms with Crippen LogP contribution in [-0.2, 0) is 0 Å². The fourth-order valence-corrected chi connectivity index (χ4v) is 3.05. The summed E-state index contributed by atoms with van der Waals surface area (Å²) in [5.74, 6) is 0.683. The number of nitrogens with zero attached hydrogens (tertiary/aromatic N) is 1. The van der Waals surface area contributed by atoms with Crippen molar-refractivity contribution in [1.29, 1.82) is 0 Å². The fourth-order valence-electron chi connectivity index (χ4n) is 3.05. The second-order valence-corrected chi connectivity index (χ2v) is 5.96. The van der Waals surface area contributed by atoms with Gasteiger partial charge in [0.1, 0.15) is 5.82 Å². The summed E-state index contributed by atoms with van der Waals surface area (Å²) in [6, 6.07) is 0.0564. The summed E-state index contributed by atoms with van der Waals surface area (Å²) in [4.78, 5) is 19.2. The average Bonchev–Trinajstić information content (AvgIpc) is 2.26. The molecule has 106 valence electrons. The van der Waals surface area contributed by atoms with Crippen LogP contribution in [0.4, 0.5) is 0 Å². The van der Waals surface area contributed by atoms with E-state index in [4.69, 9.17) is 0 Å². The van der Waals surface area contributed by atoms with E-state index in [9.17, 15) is 4.79 Å². The first kappa shape index (κ1) is 14.3. The van der Waals surface area contributed by atoms with E-state index in [0.29, 0.717) is 11.2 Å². The van der Waals surface area contributed by atoms with Gasteiger partial charge in [0.25, 0.3) is 5.56 Å². The van der Waals surface area contributed by atoms with Gasteiger partial charge in [0.2, 0.25) is 0 Å². The standard InChI is InChI=1S/C15H25N3O/c1-5-15(7-6-8-15)9-16-10(2)13-11(3)17-12(4)18-14(13)19/h10,16H,5-9H2,1-4H3,(H,17,18,19). The Bertz CT molecular complexity index is 497. The molecule has 2 N–H and O–H groups in total. The zero-order valence-corrected chi connectivity index (χ0v) is 12.5. The number of aryl methyl sites for hydroxylation is 2. The Morgan fingerprint density at radius 3 is 2.58 bits per heavy atom. The van der Waals surface area contributed by atoms with Crippen molar-refractivity contribution < 1.29 is 0 Å². The Kier molecular flexibility index (Phi) is 4.09. The lowest BCUT2D eigenvalue weighted by molar-refractivity contribution is 0.120. The van der Waals surface area contributed by atoms with Gasteiger partial charge in [-0.05, 0) is 45.4 Å². The minimum atomic E-state index is -0.0100. The second-order valence-electron chi connectivity index (χ2n) is 5.96. The molecule has 1 aliphatic carbocycles. The summed E-state index contributed by atoms with van der Waals surface area (Å²) >= 11 is 0. The van der Waals surface area contributed by atoms with Crippen molar-refractivity contribution in [2.75, 3.05) is 6.54 Å². The Hall–Kier alpha value is -1.16. The van der Waals surface area contributed by atoms with Crippen LogP contribution in [0.3, 0.4) is 0 Å². The Balaban J connectivity index is 2.08. The highest BCUT2D eigenvalue weighted by Gasteiger charge is 2.35. The van der Waals surface area contributed by atoms with Crippen LogP contribution in [0.25, 0.3) is 0 Å². The molecule has 1 aromatic heterocycles. The molecular weight excluding hydrogens is 238 g/mol. The second kappa shape index (κ2) is 5.45. The highest BCUT2D eigenvalue weighted by molar-refractivity contribution is 5.20. The molecule has 1 saturated carbocycles. The van der Waals surface area contributed by atoms with Gasteiger partial charge < -0.3 is 10.3 Å². The quantitative estimate of drug-likeness (QED) is 0.858. The van der Waals surface area contributed by atoms with Crippen LogP contribution in [0, 0.1) is 19.3 Å². The summed E-state index contributed by atoms with van der Waals surface area (Å²) in [7, 11) is 0. The van der Waals surface area contributed by atoms with Crippen molar-refractivity contribution in [2.24, 2.45) is 5.41 Å². The van der Waals surface area contributed by atoms with Gasteiger partial charge in [-0.15, -0.1) is 0 Å². The van der Waals surface area contributed by atoms with E-state index >= 15 is 0 Å². The first-order valence-corrected chi connectivity index (χ1v) is 7.28. The molecule has 1 fully saturated rings. The third-order valence-corrected chi connectivity index (χ3v) is 4.64. The molecule has 2 rings (SSSR count). The van der Waals surface area contributed by atoms with Crippen molar-refractivity contribution in [2.45, 2.75) is 59.4 Å². The number of hydrogen-bond donors (Lipinski definition) is 2. The highest BCUT2D eigenvalue weighted by Crippen LogP contribution is 2.43. The zero-order valence-electron chi connectivity index (χ0n) is 12.5. The first-order valence-electron chi connectivity index (χ1n) is 7.28. The third kappa shape index (κ3) is 2.89. The molecule has 0 saturated heterocycles. The number of rotatable bonds is 5. The van der Waals surface area contributed by atoms with Crippen LogP contribution < -0.4 is 10.9 Å².